The van der Waals surface area contributed by atoms with Crippen molar-refractivity contribution in [3.8, 4) is 50.2 Å². The van der Waals surface area contributed by atoms with Crippen LogP contribution in [0.15, 0.2) is 247 Å². The minimum Gasteiger partial charge on any atom is -0.456 e. The molecule has 0 radical (unpaired) electrons. The lowest BCUT2D eigenvalue weighted by molar-refractivity contribution is 0.669. The minimum atomic E-state index is 0.900. The molecule has 3 nitrogen and oxygen atoms in total. The Balaban J connectivity index is 0.872. The first-order valence-corrected chi connectivity index (χ1v) is 21.5. The maximum atomic E-state index is 6.24. The molecular weight excluding hydrogens is 765 g/mol. The van der Waals surface area contributed by atoms with Gasteiger partial charge in [-0.1, -0.05) is 170 Å². The van der Waals surface area contributed by atoms with Gasteiger partial charge < -0.3 is 13.9 Å². The molecular formula is C60H40N2O. The number of rotatable bonds is 8. The monoisotopic (exact) mass is 804 g/mol. The van der Waals surface area contributed by atoms with Crippen molar-refractivity contribution in [2.24, 2.45) is 0 Å². The number of nitrogens with zero attached hydrogens (tertiary/aromatic N) is 2. The molecule has 296 valence electrons. The number of benzene rings is 10. The summed E-state index contributed by atoms with van der Waals surface area (Å²) in [4.78, 5) is 2.33. The molecule has 0 aliphatic heterocycles. The Labute approximate surface area is 366 Å². The average Bonchev–Trinajstić information content (AvgIpc) is 3.91. The van der Waals surface area contributed by atoms with Gasteiger partial charge in [0, 0.05) is 44.2 Å². The zero-order valence-electron chi connectivity index (χ0n) is 34.4. The summed E-state index contributed by atoms with van der Waals surface area (Å²) < 4.78 is 8.64. The maximum Gasteiger partial charge on any atom is 0.136 e. The van der Waals surface area contributed by atoms with E-state index in [1.165, 1.54) is 55.3 Å². The molecule has 0 atom stereocenters. The zero-order valence-corrected chi connectivity index (χ0v) is 34.4. The molecule has 0 amide bonds. The number of hydrogen-bond donors (Lipinski definition) is 0. The molecule has 0 aliphatic rings. The summed E-state index contributed by atoms with van der Waals surface area (Å²) in [6.45, 7) is 0. The van der Waals surface area contributed by atoms with Gasteiger partial charge in [0.15, 0.2) is 0 Å². The second-order valence-corrected chi connectivity index (χ2v) is 16.1. The Hall–Kier alpha value is -8.40. The van der Waals surface area contributed by atoms with Crippen LogP contribution >= 0.6 is 0 Å². The number of aromatic nitrogens is 1. The van der Waals surface area contributed by atoms with E-state index in [-0.39, 0.29) is 0 Å². The Bertz CT molecular complexity index is 3530. The first-order chi connectivity index (χ1) is 31.2. The average molecular weight is 805 g/mol. The Morgan fingerprint density at radius 1 is 0.286 bits per heavy atom. The Kier molecular flexibility index (Phi) is 8.83. The minimum absolute atomic E-state index is 0.900. The summed E-state index contributed by atoms with van der Waals surface area (Å²) in [5.41, 5.74) is 18.0. The molecule has 0 N–H and O–H groups in total. The van der Waals surface area contributed by atoms with Crippen LogP contribution in [0.2, 0.25) is 0 Å². The molecule has 0 saturated heterocycles. The normalized spacial score (nSPS) is 11.5. The molecule has 12 rings (SSSR count). The first kappa shape index (κ1) is 36.5. The van der Waals surface area contributed by atoms with E-state index >= 15 is 0 Å². The highest BCUT2D eigenvalue weighted by molar-refractivity contribution is 6.10. The Morgan fingerprint density at radius 2 is 0.698 bits per heavy atom. The van der Waals surface area contributed by atoms with E-state index in [2.05, 4.69) is 240 Å². The lowest BCUT2D eigenvalue weighted by atomic mass is 9.98. The number of para-hydroxylation sites is 4. The standard InChI is InChI=1S/C60H40N2O/c1-2-12-41(13-3-1)43-26-33-48(34-27-43)61(50-37-30-45(31-38-50)47-32-39-55-54-17-7-11-21-59(54)63-60(55)40-47)49-35-28-44(29-36-49)42-22-24-46(25-23-42)51-14-4-8-18-56(51)62-57-19-9-5-15-52(57)53-16-6-10-20-58(53)62/h1-40H. The third-order valence-corrected chi connectivity index (χ3v) is 12.4. The highest BCUT2D eigenvalue weighted by atomic mass is 16.3. The van der Waals surface area contributed by atoms with E-state index in [0.717, 1.165) is 55.7 Å². The van der Waals surface area contributed by atoms with Crippen LogP contribution in [0.3, 0.4) is 0 Å². The summed E-state index contributed by atoms with van der Waals surface area (Å²) >= 11 is 0. The van der Waals surface area contributed by atoms with Crippen LogP contribution in [-0.2, 0) is 0 Å². The fourth-order valence-electron chi connectivity index (χ4n) is 9.33. The van der Waals surface area contributed by atoms with Gasteiger partial charge in [-0.3, -0.25) is 0 Å². The van der Waals surface area contributed by atoms with Crippen molar-refractivity contribution >= 4 is 60.8 Å². The molecule has 0 aliphatic carbocycles. The van der Waals surface area contributed by atoms with Crippen molar-refractivity contribution in [2.75, 3.05) is 4.90 Å². The summed E-state index contributed by atoms with van der Waals surface area (Å²) in [5.74, 6) is 0. The van der Waals surface area contributed by atoms with E-state index in [1.54, 1.807) is 0 Å². The largest absolute Gasteiger partial charge is 0.456 e. The quantitative estimate of drug-likeness (QED) is 0.153. The second-order valence-electron chi connectivity index (χ2n) is 16.1. The SMILES string of the molecule is c1ccc(-c2ccc(N(c3ccc(-c4ccc(-c5ccccc5-n5c6ccccc6c6ccccc65)cc4)cc3)c3ccc(-c4ccc5c(c4)oc4ccccc45)cc3)cc2)cc1. The lowest BCUT2D eigenvalue weighted by Gasteiger charge is -2.26. The molecule has 0 saturated carbocycles. The summed E-state index contributed by atoms with van der Waals surface area (Å²) in [6.07, 6.45) is 0. The summed E-state index contributed by atoms with van der Waals surface area (Å²) in [7, 11) is 0. The highest BCUT2D eigenvalue weighted by Crippen LogP contribution is 2.40. The Morgan fingerprint density at radius 3 is 1.30 bits per heavy atom. The fraction of sp³-hybridized carbons (Fsp3) is 0. The van der Waals surface area contributed by atoms with Gasteiger partial charge in [0.2, 0.25) is 0 Å². The zero-order chi connectivity index (χ0) is 41.7. The van der Waals surface area contributed by atoms with Crippen LogP contribution in [0.1, 0.15) is 0 Å². The highest BCUT2D eigenvalue weighted by Gasteiger charge is 2.17. The van der Waals surface area contributed by atoms with Crippen LogP contribution in [0.25, 0.3) is 93.9 Å². The van der Waals surface area contributed by atoms with Gasteiger partial charge in [0.1, 0.15) is 11.2 Å². The van der Waals surface area contributed by atoms with Crippen molar-refractivity contribution < 1.29 is 4.42 Å². The molecule has 10 aromatic carbocycles. The smallest absolute Gasteiger partial charge is 0.136 e. The predicted molar refractivity (Wildman–Crippen MR) is 264 cm³/mol. The summed E-state index contributed by atoms with van der Waals surface area (Å²) in [6, 6.07) is 87.1. The van der Waals surface area contributed by atoms with Crippen LogP contribution in [0, 0.1) is 0 Å². The molecule has 0 unspecified atom stereocenters. The van der Waals surface area contributed by atoms with Crippen molar-refractivity contribution in [3.05, 3.63) is 243 Å². The number of anilines is 3. The number of hydrogen-bond acceptors (Lipinski definition) is 2. The van der Waals surface area contributed by atoms with Gasteiger partial charge in [0.05, 0.1) is 16.7 Å². The lowest BCUT2D eigenvalue weighted by Crippen LogP contribution is -2.09. The molecule has 3 heteroatoms. The third-order valence-electron chi connectivity index (χ3n) is 12.4. The maximum absolute atomic E-state index is 6.24. The second kappa shape index (κ2) is 15.3. The van der Waals surface area contributed by atoms with E-state index in [9.17, 15) is 0 Å². The van der Waals surface area contributed by atoms with Crippen LogP contribution in [0.4, 0.5) is 17.1 Å². The molecule has 0 fully saturated rings. The van der Waals surface area contributed by atoms with Gasteiger partial charge in [0.25, 0.3) is 0 Å². The fourth-order valence-corrected chi connectivity index (χ4v) is 9.33. The van der Waals surface area contributed by atoms with Crippen LogP contribution < -0.4 is 4.90 Å². The van der Waals surface area contributed by atoms with Gasteiger partial charge in [-0.25, -0.2) is 0 Å². The first-order valence-electron chi connectivity index (χ1n) is 21.5. The number of fused-ring (bicyclic) bond motifs is 6. The molecule has 0 bridgehead atoms. The van der Waals surface area contributed by atoms with Crippen LogP contribution in [0.5, 0.6) is 0 Å². The molecule has 2 heterocycles. The van der Waals surface area contributed by atoms with Gasteiger partial charge in [-0.2, -0.15) is 0 Å². The van der Waals surface area contributed by atoms with Crippen molar-refractivity contribution in [1.82, 2.24) is 4.57 Å². The van der Waals surface area contributed by atoms with Crippen molar-refractivity contribution in [1.29, 1.82) is 0 Å². The van der Waals surface area contributed by atoms with Gasteiger partial charge in [-0.15, -0.1) is 0 Å². The van der Waals surface area contributed by atoms with E-state index < -0.39 is 0 Å². The van der Waals surface area contributed by atoms with Crippen molar-refractivity contribution in [3.63, 3.8) is 0 Å². The molecule has 63 heavy (non-hydrogen) atoms. The predicted octanol–water partition coefficient (Wildman–Crippen LogP) is 16.8. The molecule has 0 spiro atoms. The molecule has 12 aromatic rings. The van der Waals surface area contributed by atoms with E-state index in [0.29, 0.717) is 0 Å². The summed E-state index contributed by atoms with van der Waals surface area (Å²) in [5, 5.41) is 4.80. The van der Waals surface area contributed by atoms with Crippen LogP contribution in [-0.4, -0.2) is 4.57 Å². The van der Waals surface area contributed by atoms with Crippen molar-refractivity contribution in [2.45, 2.75) is 0 Å². The van der Waals surface area contributed by atoms with Gasteiger partial charge in [-0.05, 0) is 112 Å². The molecule has 2 aromatic heterocycles. The van der Waals surface area contributed by atoms with E-state index in [1.807, 2.05) is 12.1 Å². The topological polar surface area (TPSA) is 21.3 Å². The number of furan rings is 1. The van der Waals surface area contributed by atoms with Gasteiger partial charge >= 0.3 is 0 Å². The van der Waals surface area contributed by atoms with E-state index in [4.69, 9.17) is 4.42 Å². The third kappa shape index (κ3) is 6.46.